The van der Waals surface area contributed by atoms with E-state index in [1.165, 1.54) is 23.9 Å². The largest absolute Gasteiger partial charge is 0.368 e. The van der Waals surface area contributed by atoms with E-state index in [2.05, 4.69) is 36.0 Å². The minimum Gasteiger partial charge on any atom is -0.368 e. The first-order valence-electron chi connectivity index (χ1n) is 10.1. The van der Waals surface area contributed by atoms with Crippen LogP contribution in [-0.4, -0.2) is 57.7 Å². The van der Waals surface area contributed by atoms with Gasteiger partial charge in [-0.2, -0.15) is 5.10 Å². The van der Waals surface area contributed by atoms with E-state index in [1.54, 1.807) is 41.3 Å². The quantitative estimate of drug-likeness (QED) is 0.305. The zero-order valence-electron chi connectivity index (χ0n) is 18.0. The van der Waals surface area contributed by atoms with Gasteiger partial charge in [0.2, 0.25) is 0 Å². The second-order valence-corrected chi connectivity index (χ2v) is 11.2. The molecule has 0 unspecified atom stereocenters. The van der Waals surface area contributed by atoms with Crippen LogP contribution in [0, 0.1) is 0 Å². The van der Waals surface area contributed by atoms with Crippen LogP contribution in [0.15, 0.2) is 43.0 Å². The van der Waals surface area contributed by atoms with Crippen LogP contribution in [0.3, 0.4) is 0 Å². The number of benzene rings is 1. The number of carbonyl (C=O) groups excluding carboxylic acids is 1. The molecule has 3 aromatic heterocycles. The molecule has 4 rings (SSSR count). The lowest BCUT2D eigenvalue weighted by molar-refractivity contribution is 0.262. The van der Waals surface area contributed by atoms with Crippen LogP contribution < -0.4 is 16.0 Å². The summed E-state index contributed by atoms with van der Waals surface area (Å²) in [4.78, 5) is 25.9. The normalized spacial score (nSPS) is 11.5. The molecule has 3 N–H and O–H groups in total. The highest BCUT2D eigenvalue weighted by atomic mass is 35.5. The molecule has 3 heterocycles. The van der Waals surface area contributed by atoms with E-state index in [4.69, 9.17) is 11.6 Å². The van der Waals surface area contributed by atoms with E-state index < -0.39 is 15.9 Å². The van der Waals surface area contributed by atoms with Crippen LogP contribution in [-0.2, 0) is 22.8 Å². The first-order valence-corrected chi connectivity index (χ1v) is 13.4. The molecule has 0 fully saturated rings. The summed E-state index contributed by atoms with van der Waals surface area (Å²) >= 11 is 7.29. The van der Waals surface area contributed by atoms with Crippen molar-refractivity contribution < 1.29 is 13.2 Å². The summed E-state index contributed by atoms with van der Waals surface area (Å²) in [5, 5.41) is 13.9. The zero-order chi connectivity index (χ0) is 24.1. The van der Waals surface area contributed by atoms with E-state index in [9.17, 15) is 13.2 Å². The van der Waals surface area contributed by atoms with Crippen molar-refractivity contribution in [3.05, 3.63) is 52.9 Å². The van der Waals surface area contributed by atoms with Crippen LogP contribution in [0.1, 0.15) is 4.88 Å². The smallest absolute Gasteiger partial charge is 0.325 e. The average Bonchev–Trinajstić information content (AvgIpc) is 3.39. The van der Waals surface area contributed by atoms with Gasteiger partial charge in [0.05, 0.1) is 18.5 Å². The number of hydrogen-bond acceptors (Lipinski definition) is 9. The summed E-state index contributed by atoms with van der Waals surface area (Å²) in [5.41, 5.74) is 1.86. The van der Waals surface area contributed by atoms with Crippen molar-refractivity contribution in [2.45, 2.75) is 13.0 Å². The fourth-order valence-corrected chi connectivity index (χ4v) is 4.59. The maximum atomic E-state index is 12.2. The van der Waals surface area contributed by atoms with Gasteiger partial charge in [-0.3, -0.25) is 10.00 Å². The minimum atomic E-state index is -3.13. The molecule has 0 saturated heterocycles. The molecular weight excluding hydrogens is 500 g/mol. The Morgan fingerprint density at radius 2 is 2.03 bits per heavy atom. The monoisotopic (exact) mass is 520 g/mol. The summed E-state index contributed by atoms with van der Waals surface area (Å²) in [6.07, 6.45) is 6.54. The van der Waals surface area contributed by atoms with Gasteiger partial charge in [0.25, 0.3) is 0 Å². The Kier molecular flexibility index (Phi) is 7.24. The molecule has 0 saturated carbocycles. The van der Waals surface area contributed by atoms with Crippen LogP contribution in [0.2, 0.25) is 5.02 Å². The number of nitrogens with one attached hydrogen (secondary N) is 3. The summed E-state index contributed by atoms with van der Waals surface area (Å²) < 4.78 is 24.6. The van der Waals surface area contributed by atoms with Gasteiger partial charge in [0.1, 0.15) is 27.2 Å². The number of rotatable bonds is 9. The summed E-state index contributed by atoms with van der Waals surface area (Å²) in [7, 11) is -3.13. The van der Waals surface area contributed by atoms with Crippen molar-refractivity contribution in [1.82, 2.24) is 24.7 Å². The van der Waals surface area contributed by atoms with Crippen molar-refractivity contribution >= 4 is 66.5 Å². The highest BCUT2D eigenvalue weighted by Gasteiger charge is 2.13. The summed E-state index contributed by atoms with van der Waals surface area (Å²) in [6.45, 7) is 0.755. The fourth-order valence-electron chi connectivity index (χ4n) is 3.09. The molecule has 4 aromatic rings. The third kappa shape index (κ3) is 6.40. The second kappa shape index (κ2) is 10.3. The highest BCUT2D eigenvalue weighted by Crippen LogP contribution is 2.22. The lowest BCUT2D eigenvalue weighted by atomic mass is 10.3. The van der Waals surface area contributed by atoms with E-state index in [0.717, 1.165) is 4.88 Å². The van der Waals surface area contributed by atoms with Crippen molar-refractivity contribution in [3.8, 4) is 0 Å². The number of hydrogen-bond donors (Lipinski definition) is 3. The number of amides is 2. The van der Waals surface area contributed by atoms with Crippen LogP contribution in [0.4, 0.5) is 21.4 Å². The first-order chi connectivity index (χ1) is 16.3. The molecule has 0 aliphatic rings. The van der Waals surface area contributed by atoms with Gasteiger partial charge >= 0.3 is 6.03 Å². The van der Waals surface area contributed by atoms with Crippen molar-refractivity contribution in [1.29, 1.82) is 0 Å². The van der Waals surface area contributed by atoms with Gasteiger partial charge in [-0.05, 0) is 18.2 Å². The Hall–Kier alpha value is -3.29. The number of urea groups is 1. The number of anilines is 3. The molecule has 11 nitrogen and oxygen atoms in total. The molecule has 0 radical (unpaired) electrons. The summed E-state index contributed by atoms with van der Waals surface area (Å²) in [6, 6.07) is 6.45. The highest BCUT2D eigenvalue weighted by molar-refractivity contribution is 7.90. The fraction of sp³-hybridized carbons (Fsp3) is 0.250. The Bertz CT molecular complexity index is 1420. The van der Waals surface area contributed by atoms with Gasteiger partial charge in [-0.15, -0.1) is 11.3 Å². The number of aryl methyl sites for hydroxylation is 1. The van der Waals surface area contributed by atoms with Gasteiger partial charge in [-0.25, -0.2) is 28.2 Å². The zero-order valence-corrected chi connectivity index (χ0v) is 20.4. The maximum absolute atomic E-state index is 12.2. The van der Waals surface area contributed by atoms with Gasteiger partial charge in [0, 0.05) is 41.0 Å². The van der Waals surface area contributed by atoms with Gasteiger partial charge < -0.3 is 10.6 Å². The SMILES string of the molecule is CS(=O)(=O)CCn1ncc2ncnc(NCCc3cnc(NC(=O)Nc4cccc(Cl)c4)s3)c21. The standard InChI is InChI=1S/C20H21ClN8O3S2/c1-34(31,32)8-7-29-17-16(11-26-29)24-12-25-18(17)22-6-5-15-10-23-20(33-15)28-19(30)27-14-4-2-3-13(21)9-14/h2-4,9-12H,5-8H2,1H3,(H,22,24,25)(H2,23,27,28,30). The maximum Gasteiger partial charge on any atom is 0.325 e. The predicted octanol–water partition coefficient (Wildman–Crippen LogP) is 3.28. The van der Waals surface area contributed by atoms with E-state index >= 15 is 0 Å². The van der Waals surface area contributed by atoms with Gasteiger partial charge in [0.15, 0.2) is 10.9 Å². The number of nitrogens with zero attached hydrogens (tertiary/aromatic N) is 5. The molecule has 34 heavy (non-hydrogen) atoms. The number of fused-ring (bicyclic) bond motifs is 1. The lowest BCUT2D eigenvalue weighted by Crippen LogP contribution is -2.19. The molecular formula is C20H21ClN8O3S2. The molecule has 0 aliphatic heterocycles. The number of halogens is 1. The van der Waals surface area contributed by atoms with Gasteiger partial charge in [-0.1, -0.05) is 17.7 Å². The van der Waals surface area contributed by atoms with E-state index in [-0.39, 0.29) is 12.3 Å². The predicted molar refractivity (Wildman–Crippen MR) is 133 cm³/mol. The Morgan fingerprint density at radius 3 is 2.82 bits per heavy atom. The number of carbonyl (C=O) groups is 1. The molecule has 0 atom stereocenters. The second-order valence-electron chi connectivity index (χ2n) is 7.35. The third-order valence-corrected chi connectivity index (χ3v) is 6.75. The average molecular weight is 521 g/mol. The van der Waals surface area contributed by atoms with Crippen LogP contribution in [0.25, 0.3) is 11.0 Å². The Morgan fingerprint density at radius 1 is 1.18 bits per heavy atom. The van der Waals surface area contributed by atoms with E-state index in [0.29, 0.717) is 45.7 Å². The Balaban J connectivity index is 1.33. The molecule has 0 spiro atoms. The van der Waals surface area contributed by atoms with Crippen LogP contribution in [0.5, 0.6) is 0 Å². The first kappa shape index (κ1) is 23.9. The number of sulfone groups is 1. The third-order valence-electron chi connectivity index (χ3n) is 4.62. The van der Waals surface area contributed by atoms with Crippen molar-refractivity contribution in [2.75, 3.05) is 34.5 Å². The topological polar surface area (TPSA) is 144 Å². The molecule has 2 amide bonds. The minimum absolute atomic E-state index is 0.0281. The molecule has 1 aromatic carbocycles. The lowest BCUT2D eigenvalue weighted by Gasteiger charge is -2.08. The van der Waals surface area contributed by atoms with Crippen molar-refractivity contribution in [3.63, 3.8) is 0 Å². The van der Waals surface area contributed by atoms with Crippen molar-refractivity contribution in [2.24, 2.45) is 0 Å². The van der Waals surface area contributed by atoms with E-state index in [1.807, 2.05) is 0 Å². The molecule has 0 aliphatic carbocycles. The molecule has 178 valence electrons. The summed E-state index contributed by atoms with van der Waals surface area (Å²) in [5.74, 6) is 0.541. The Labute approximate surface area is 204 Å². The number of thiazole rings is 1. The molecule has 0 bridgehead atoms. The molecule has 14 heteroatoms. The number of aromatic nitrogens is 5. The van der Waals surface area contributed by atoms with Crippen LogP contribution >= 0.6 is 22.9 Å².